The van der Waals surface area contributed by atoms with Gasteiger partial charge in [-0.1, -0.05) is 54.9 Å². The van der Waals surface area contributed by atoms with Gasteiger partial charge < -0.3 is 0 Å². The highest BCUT2D eigenvalue weighted by atomic mass is 16.1. The summed E-state index contributed by atoms with van der Waals surface area (Å²) >= 11 is 0. The molecule has 0 amide bonds. The average Bonchev–Trinajstić information content (AvgIpc) is 2.14. The van der Waals surface area contributed by atoms with E-state index in [1.807, 2.05) is 6.92 Å². The molecule has 0 spiro atoms. The van der Waals surface area contributed by atoms with E-state index in [1.165, 1.54) is 6.42 Å². The van der Waals surface area contributed by atoms with Gasteiger partial charge in [-0.15, -0.1) is 0 Å². The van der Waals surface area contributed by atoms with E-state index in [0.717, 1.165) is 19.3 Å². The summed E-state index contributed by atoms with van der Waals surface area (Å²) in [5.41, 5.74) is 0.485. The molecule has 1 atom stereocenters. The summed E-state index contributed by atoms with van der Waals surface area (Å²) in [7, 11) is 0. The van der Waals surface area contributed by atoms with Crippen LogP contribution in [-0.4, -0.2) is 5.78 Å². The summed E-state index contributed by atoms with van der Waals surface area (Å²) in [4.78, 5) is 12.0. The van der Waals surface area contributed by atoms with Crippen LogP contribution < -0.4 is 0 Å². The van der Waals surface area contributed by atoms with Gasteiger partial charge in [0.05, 0.1) is 0 Å². The summed E-state index contributed by atoms with van der Waals surface area (Å²) in [6.07, 6.45) is 3.99. The molecule has 0 rings (SSSR count). The highest BCUT2D eigenvalue weighted by molar-refractivity contribution is 5.81. The molecule has 0 aromatic rings. The van der Waals surface area contributed by atoms with Gasteiger partial charge in [0.15, 0.2) is 0 Å². The van der Waals surface area contributed by atoms with E-state index < -0.39 is 0 Å². The van der Waals surface area contributed by atoms with Gasteiger partial charge in [-0.3, -0.25) is 4.79 Å². The maximum atomic E-state index is 12.0. The third-order valence-corrected chi connectivity index (χ3v) is 3.73. The number of ketones is 1. The van der Waals surface area contributed by atoms with Gasteiger partial charge in [-0.05, 0) is 23.7 Å². The number of carbonyl (C=O) groups is 1. The molecule has 0 radical (unpaired) electrons. The van der Waals surface area contributed by atoms with Crippen LogP contribution in [0.25, 0.3) is 0 Å². The number of hydrogen-bond acceptors (Lipinski definition) is 1. The zero-order valence-corrected chi connectivity index (χ0v) is 12.3. The lowest BCUT2D eigenvalue weighted by Crippen LogP contribution is -2.27. The molecule has 0 aromatic carbocycles. The molecule has 0 heterocycles. The van der Waals surface area contributed by atoms with Crippen molar-refractivity contribution < 1.29 is 4.79 Å². The minimum absolute atomic E-state index is 0.139. The minimum atomic E-state index is 0.139. The summed E-state index contributed by atoms with van der Waals surface area (Å²) in [5.74, 6) is 0.656. The van der Waals surface area contributed by atoms with E-state index >= 15 is 0 Å². The molecular weight excluding hydrogens is 196 g/mol. The summed E-state index contributed by atoms with van der Waals surface area (Å²) in [6.45, 7) is 15.4. The predicted octanol–water partition coefficient (Wildman–Crippen LogP) is 4.84. The lowest BCUT2D eigenvalue weighted by atomic mass is 9.70. The van der Waals surface area contributed by atoms with E-state index in [-0.39, 0.29) is 11.3 Å². The van der Waals surface area contributed by atoms with Crippen LogP contribution in [0.4, 0.5) is 0 Å². The van der Waals surface area contributed by atoms with Gasteiger partial charge in [0.2, 0.25) is 0 Å². The first-order valence-electron chi connectivity index (χ1n) is 6.66. The first kappa shape index (κ1) is 15.7. The smallest absolute Gasteiger partial charge is 0.136 e. The van der Waals surface area contributed by atoms with Gasteiger partial charge in [0, 0.05) is 12.3 Å². The van der Waals surface area contributed by atoms with Gasteiger partial charge >= 0.3 is 0 Å². The molecule has 96 valence electrons. The SMILES string of the molecule is CCC(C)C(=O)CC(C)(C)CC(C)(C)CC. The molecule has 0 aliphatic heterocycles. The van der Waals surface area contributed by atoms with Gasteiger partial charge in [-0.2, -0.15) is 0 Å². The second-order valence-corrected chi connectivity index (χ2v) is 6.81. The quantitative estimate of drug-likeness (QED) is 0.607. The van der Waals surface area contributed by atoms with Crippen molar-refractivity contribution in [3.05, 3.63) is 0 Å². The largest absolute Gasteiger partial charge is 0.299 e. The van der Waals surface area contributed by atoms with Crippen LogP contribution in [0.2, 0.25) is 0 Å². The fourth-order valence-corrected chi connectivity index (χ4v) is 2.36. The third kappa shape index (κ3) is 5.67. The summed E-state index contributed by atoms with van der Waals surface area (Å²) in [6, 6.07) is 0. The fraction of sp³-hybridized carbons (Fsp3) is 0.933. The standard InChI is InChI=1S/C15H30O/c1-8-12(3)13(16)10-15(6,7)11-14(4,5)9-2/h12H,8-11H2,1-7H3. The van der Waals surface area contributed by atoms with Crippen molar-refractivity contribution in [2.24, 2.45) is 16.7 Å². The van der Waals surface area contributed by atoms with Crippen molar-refractivity contribution in [2.45, 2.75) is 74.1 Å². The van der Waals surface area contributed by atoms with Crippen LogP contribution in [0.15, 0.2) is 0 Å². The Kier molecular flexibility index (Phi) is 5.72. The number of Topliss-reactive ketones (excluding diaryl/α,β-unsaturated/α-hetero) is 1. The Bertz CT molecular complexity index is 226. The van der Waals surface area contributed by atoms with Gasteiger partial charge in [0.25, 0.3) is 0 Å². The van der Waals surface area contributed by atoms with Crippen molar-refractivity contribution in [1.29, 1.82) is 0 Å². The van der Waals surface area contributed by atoms with E-state index in [1.54, 1.807) is 0 Å². The Morgan fingerprint density at radius 3 is 1.94 bits per heavy atom. The molecule has 0 saturated heterocycles. The zero-order valence-electron chi connectivity index (χ0n) is 12.3. The number of hydrogen-bond donors (Lipinski definition) is 0. The Hall–Kier alpha value is -0.330. The molecule has 1 nitrogen and oxygen atoms in total. The van der Waals surface area contributed by atoms with Crippen molar-refractivity contribution in [1.82, 2.24) is 0 Å². The van der Waals surface area contributed by atoms with Crippen LogP contribution in [0.5, 0.6) is 0 Å². The first-order valence-corrected chi connectivity index (χ1v) is 6.66. The third-order valence-electron chi connectivity index (χ3n) is 3.73. The first-order chi connectivity index (χ1) is 7.13. The maximum absolute atomic E-state index is 12.0. The molecule has 0 bridgehead atoms. The maximum Gasteiger partial charge on any atom is 0.136 e. The van der Waals surface area contributed by atoms with E-state index in [9.17, 15) is 4.79 Å². The monoisotopic (exact) mass is 226 g/mol. The van der Waals surface area contributed by atoms with Crippen LogP contribution in [0, 0.1) is 16.7 Å². The van der Waals surface area contributed by atoms with Gasteiger partial charge in [0.1, 0.15) is 5.78 Å². The number of carbonyl (C=O) groups excluding carboxylic acids is 1. The molecule has 16 heavy (non-hydrogen) atoms. The lowest BCUT2D eigenvalue weighted by molar-refractivity contribution is -0.124. The molecular formula is C15H30O. The zero-order chi connectivity index (χ0) is 13.0. The van der Waals surface area contributed by atoms with Crippen LogP contribution in [0.3, 0.4) is 0 Å². The van der Waals surface area contributed by atoms with E-state index in [4.69, 9.17) is 0 Å². The normalized spacial score (nSPS) is 14.9. The molecule has 0 saturated carbocycles. The second kappa shape index (κ2) is 5.84. The summed E-state index contributed by atoms with van der Waals surface area (Å²) < 4.78 is 0. The molecule has 1 unspecified atom stereocenters. The van der Waals surface area contributed by atoms with Crippen molar-refractivity contribution in [3.8, 4) is 0 Å². The van der Waals surface area contributed by atoms with E-state index in [0.29, 0.717) is 11.2 Å². The van der Waals surface area contributed by atoms with Crippen LogP contribution >= 0.6 is 0 Å². The summed E-state index contributed by atoms with van der Waals surface area (Å²) in [5, 5.41) is 0. The lowest BCUT2D eigenvalue weighted by Gasteiger charge is -2.34. The molecule has 0 fully saturated rings. The van der Waals surface area contributed by atoms with Crippen LogP contribution in [-0.2, 0) is 4.79 Å². The van der Waals surface area contributed by atoms with Crippen molar-refractivity contribution in [2.75, 3.05) is 0 Å². The minimum Gasteiger partial charge on any atom is -0.299 e. The molecule has 0 aliphatic carbocycles. The predicted molar refractivity (Wildman–Crippen MR) is 71.5 cm³/mol. The molecule has 0 aliphatic rings. The Balaban J connectivity index is 4.40. The molecule has 1 heteroatoms. The highest BCUT2D eigenvalue weighted by Gasteiger charge is 2.30. The van der Waals surface area contributed by atoms with Crippen molar-refractivity contribution in [3.63, 3.8) is 0 Å². The number of rotatable bonds is 7. The fourth-order valence-electron chi connectivity index (χ4n) is 2.36. The molecule has 0 N–H and O–H groups in total. The Morgan fingerprint density at radius 2 is 1.56 bits per heavy atom. The topological polar surface area (TPSA) is 17.1 Å². The molecule has 0 aromatic heterocycles. The van der Waals surface area contributed by atoms with Gasteiger partial charge in [-0.25, -0.2) is 0 Å². The highest BCUT2D eigenvalue weighted by Crippen LogP contribution is 2.38. The Morgan fingerprint density at radius 1 is 1.06 bits per heavy atom. The second-order valence-electron chi connectivity index (χ2n) is 6.81. The Labute approximate surface area is 102 Å². The van der Waals surface area contributed by atoms with E-state index in [2.05, 4.69) is 41.5 Å². The van der Waals surface area contributed by atoms with Crippen LogP contribution in [0.1, 0.15) is 74.1 Å². The average molecular weight is 226 g/mol. The van der Waals surface area contributed by atoms with Crippen molar-refractivity contribution >= 4 is 5.78 Å².